The van der Waals surface area contributed by atoms with Crippen LogP contribution >= 0.6 is 0 Å². The van der Waals surface area contributed by atoms with Gasteiger partial charge in [-0.3, -0.25) is 4.79 Å². The minimum absolute atomic E-state index is 0.0458. The van der Waals surface area contributed by atoms with Crippen molar-refractivity contribution in [2.24, 2.45) is 0 Å². The standard InChI is InChI=1S/C24H21F5N2O4.2C2H6/c1-13-10-14(4-6-16(13)25)21-18(34-2)8-9-20(31-21)23(26,24(27,28)29)12-30-22(33)15-5-7-17(32)19(11-15)35-3;2*1-2/h4-11,32H,12H2,1-3H3,(H,30,33);2*1-2H3. The summed E-state index contributed by atoms with van der Waals surface area (Å²) in [5.41, 5.74) is -4.96. The number of nitrogens with one attached hydrogen (secondary N) is 1. The van der Waals surface area contributed by atoms with E-state index in [-0.39, 0.29) is 39.6 Å². The number of hydrogen-bond donors (Lipinski definition) is 2. The average molecular weight is 557 g/mol. The van der Waals surface area contributed by atoms with Gasteiger partial charge in [-0.1, -0.05) is 27.7 Å². The zero-order valence-corrected chi connectivity index (χ0v) is 22.8. The molecule has 0 radical (unpaired) electrons. The van der Waals surface area contributed by atoms with Crippen LogP contribution in [0, 0.1) is 12.7 Å². The predicted octanol–water partition coefficient (Wildman–Crippen LogP) is 7.13. The summed E-state index contributed by atoms with van der Waals surface area (Å²) >= 11 is 0. The number of nitrogens with zero attached hydrogens (tertiary/aromatic N) is 1. The van der Waals surface area contributed by atoms with Crippen LogP contribution in [0.3, 0.4) is 0 Å². The molecule has 1 atom stereocenters. The Bertz CT molecular complexity index is 1250. The third-order valence-corrected chi connectivity index (χ3v) is 5.30. The van der Waals surface area contributed by atoms with E-state index in [1.807, 2.05) is 33.0 Å². The molecule has 1 unspecified atom stereocenters. The van der Waals surface area contributed by atoms with Gasteiger partial charge >= 0.3 is 6.18 Å². The van der Waals surface area contributed by atoms with Crippen molar-refractivity contribution in [2.45, 2.75) is 46.5 Å². The van der Waals surface area contributed by atoms with Gasteiger partial charge in [0.05, 0.1) is 26.5 Å². The Labute approximate surface area is 224 Å². The molecule has 0 bridgehead atoms. The van der Waals surface area contributed by atoms with E-state index in [4.69, 9.17) is 9.47 Å². The topological polar surface area (TPSA) is 80.7 Å². The Morgan fingerprint density at radius 1 is 0.923 bits per heavy atom. The molecule has 2 aromatic carbocycles. The number of hydrogen-bond acceptors (Lipinski definition) is 5. The highest BCUT2D eigenvalue weighted by Gasteiger charge is 2.58. The number of rotatable bonds is 7. The normalized spacial score (nSPS) is 12.1. The van der Waals surface area contributed by atoms with E-state index in [0.717, 1.165) is 36.4 Å². The third-order valence-electron chi connectivity index (χ3n) is 5.30. The Balaban J connectivity index is 0.00000181. The first-order chi connectivity index (χ1) is 18.4. The molecule has 1 amide bonds. The molecule has 1 aromatic heterocycles. The van der Waals surface area contributed by atoms with E-state index in [0.29, 0.717) is 0 Å². The van der Waals surface area contributed by atoms with E-state index in [1.165, 1.54) is 33.3 Å². The number of phenols is 1. The maximum atomic E-state index is 15.6. The number of phenolic OH excluding ortho intramolecular Hbond substituents is 1. The van der Waals surface area contributed by atoms with Crippen LogP contribution in [-0.2, 0) is 5.67 Å². The lowest BCUT2D eigenvalue weighted by molar-refractivity contribution is -0.234. The summed E-state index contributed by atoms with van der Waals surface area (Å²) in [4.78, 5) is 16.3. The largest absolute Gasteiger partial charge is 0.504 e. The first-order valence-corrected chi connectivity index (χ1v) is 12.1. The molecule has 39 heavy (non-hydrogen) atoms. The van der Waals surface area contributed by atoms with Crippen molar-refractivity contribution in [1.29, 1.82) is 0 Å². The Morgan fingerprint density at radius 3 is 2.08 bits per heavy atom. The maximum absolute atomic E-state index is 15.6. The summed E-state index contributed by atoms with van der Waals surface area (Å²) < 4.78 is 81.2. The van der Waals surface area contributed by atoms with Gasteiger partial charge in [0.25, 0.3) is 11.6 Å². The van der Waals surface area contributed by atoms with Gasteiger partial charge in [0, 0.05) is 11.1 Å². The molecule has 2 N–H and O–H groups in total. The molecule has 3 aromatic rings. The summed E-state index contributed by atoms with van der Waals surface area (Å²) in [7, 11) is 2.48. The van der Waals surface area contributed by atoms with Gasteiger partial charge in [-0.2, -0.15) is 13.2 Å². The molecule has 0 aliphatic carbocycles. The van der Waals surface area contributed by atoms with Gasteiger partial charge in [0.15, 0.2) is 11.5 Å². The van der Waals surface area contributed by atoms with Crippen LogP contribution in [0.4, 0.5) is 22.0 Å². The molecule has 6 nitrogen and oxygen atoms in total. The van der Waals surface area contributed by atoms with Crippen molar-refractivity contribution in [3.05, 3.63) is 71.2 Å². The predicted molar refractivity (Wildman–Crippen MR) is 139 cm³/mol. The quantitative estimate of drug-likeness (QED) is 0.303. The maximum Gasteiger partial charge on any atom is 0.430 e. The van der Waals surface area contributed by atoms with E-state index >= 15 is 4.39 Å². The molecule has 0 aliphatic heterocycles. The highest BCUT2D eigenvalue weighted by Crippen LogP contribution is 2.43. The molecule has 1 heterocycles. The Hall–Kier alpha value is -3.89. The van der Waals surface area contributed by atoms with Crippen molar-refractivity contribution in [3.63, 3.8) is 0 Å². The number of aromatic hydroxyl groups is 1. The van der Waals surface area contributed by atoms with Crippen LogP contribution in [0.5, 0.6) is 17.2 Å². The Morgan fingerprint density at radius 2 is 1.54 bits per heavy atom. The molecule has 0 spiro atoms. The van der Waals surface area contributed by atoms with Crippen LogP contribution in [0.15, 0.2) is 48.5 Å². The summed E-state index contributed by atoms with van der Waals surface area (Å²) in [6, 6.07) is 9.01. The van der Waals surface area contributed by atoms with E-state index in [9.17, 15) is 27.5 Å². The van der Waals surface area contributed by atoms with Crippen molar-refractivity contribution in [3.8, 4) is 28.5 Å². The van der Waals surface area contributed by atoms with Crippen molar-refractivity contribution < 1.29 is 41.3 Å². The SMILES string of the molecule is CC.CC.COc1cc(C(=O)NCC(F)(c2ccc(OC)c(-c3ccc(F)c(C)c3)n2)C(F)(F)F)ccc1O. The number of amides is 1. The number of aryl methyl sites for hydroxylation is 1. The highest BCUT2D eigenvalue weighted by atomic mass is 19.4. The number of ether oxygens (including phenoxy) is 2. The fourth-order valence-electron chi connectivity index (χ4n) is 3.29. The molecule has 0 fully saturated rings. The van der Waals surface area contributed by atoms with E-state index in [1.54, 1.807) is 0 Å². The highest BCUT2D eigenvalue weighted by molar-refractivity contribution is 5.95. The third kappa shape index (κ3) is 7.58. The minimum Gasteiger partial charge on any atom is -0.504 e. The number of carbonyl (C=O) groups is 1. The van der Waals surface area contributed by atoms with Crippen molar-refractivity contribution >= 4 is 5.91 Å². The summed E-state index contributed by atoms with van der Waals surface area (Å²) in [5.74, 6) is -1.89. The van der Waals surface area contributed by atoms with Crippen molar-refractivity contribution in [1.82, 2.24) is 10.3 Å². The summed E-state index contributed by atoms with van der Waals surface area (Å²) in [5, 5.41) is 11.5. The first kappa shape index (κ1) is 33.1. The second-order valence-electron chi connectivity index (χ2n) is 7.58. The fraction of sp³-hybridized carbons (Fsp3) is 0.357. The van der Waals surface area contributed by atoms with Gasteiger partial charge in [-0.25, -0.2) is 13.8 Å². The molecule has 214 valence electrons. The number of halogens is 5. The molecular formula is C28H33F5N2O4. The second-order valence-corrected chi connectivity index (χ2v) is 7.58. The van der Waals surface area contributed by atoms with Gasteiger partial charge in [-0.05, 0) is 61.0 Å². The van der Waals surface area contributed by atoms with Crippen LogP contribution < -0.4 is 14.8 Å². The molecular weight excluding hydrogens is 523 g/mol. The van der Waals surface area contributed by atoms with Crippen molar-refractivity contribution in [2.75, 3.05) is 20.8 Å². The fourth-order valence-corrected chi connectivity index (χ4v) is 3.29. The van der Waals surface area contributed by atoms with Crippen LogP contribution in [0.25, 0.3) is 11.3 Å². The number of carbonyl (C=O) groups excluding carboxylic acids is 1. The zero-order chi connectivity index (χ0) is 30.0. The smallest absolute Gasteiger partial charge is 0.430 e. The lowest BCUT2D eigenvalue weighted by Crippen LogP contribution is -2.48. The lowest BCUT2D eigenvalue weighted by Gasteiger charge is -2.28. The monoisotopic (exact) mass is 556 g/mol. The van der Waals surface area contributed by atoms with Gasteiger partial charge in [-0.15, -0.1) is 0 Å². The number of pyridine rings is 1. The van der Waals surface area contributed by atoms with E-state index < -0.39 is 35.8 Å². The molecule has 11 heteroatoms. The van der Waals surface area contributed by atoms with Crippen LogP contribution in [-0.4, -0.2) is 42.9 Å². The first-order valence-electron chi connectivity index (χ1n) is 12.1. The number of methoxy groups -OCH3 is 2. The number of alkyl halides is 4. The van der Waals surface area contributed by atoms with E-state index in [2.05, 4.69) is 4.98 Å². The summed E-state index contributed by atoms with van der Waals surface area (Å²) in [6.45, 7) is 7.97. The second kappa shape index (κ2) is 14.3. The van der Waals surface area contributed by atoms with Gasteiger partial charge in [0.1, 0.15) is 17.3 Å². The lowest BCUT2D eigenvalue weighted by atomic mass is 9.98. The number of benzene rings is 2. The molecule has 0 saturated heterocycles. The zero-order valence-electron chi connectivity index (χ0n) is 22.8. The Kier molecular flexibility index (Phi) is 12.2. The van der Waals surface area contributed by atoms with Gasteiger partial charge in [0.2, 0.25) is 0 Å². The molecule has 0 saturated carbocycles. The summed E-state index contributed by atoms with van der Waals surface area (Å²) in [6.07, 6.45) is -5.45. The van der Waals surface area contributed by atoms with Gasteiger partial charge < -0.3 is 19.9 Å². The van der Waals surface area contributed by atoms with Crippen LogP contribution in [0.1, 0.15) is 49.3 Å². The molecule has 3 rings (SSSR count). The molecule has 0 aliphatic rings. The minimum atomic E-state index is -5.45. The average Bonchev–Trinajstić information content (AvgIpc) is 2.94. The number of aromatic nitrogens is 1. The van der Waals surface area contributed by atoms with Crippen LogP contribution in [0.2, 0.25) is 0 Å².